The molecule has 2 rings (SSSR count). The molecular weight excluding hydrogens is 302 g/mol. The molecule has 1 fully saturated rings. The fourth-order valence-electron chi connectivity index (χ4n) is 2.79. The summed E-state index contributed by atoms with van der Waals surface area (Å²) in [5.74, 6) is 2.67. The first kappa shape index (κ1) is 16.9. The Morgan fingerprint density at radius 2 is 2.05 bits per heavy atom. The van der Waals surface area contributed by atoms with Gasteiger partial charge >= 0.3 is 0 Å². The molecule has 0 aromatic carbocycles. The molecule has 1 aliphatic heterocycles. The van der Waals surface area contributed by atoms with Gasteiger partial charge in [-0.2, -0.15) is 0 Å². The molecule has 7 heteroatoms. The van der Waals surface area contributed by atoms with Gasteiger partial charge in [-0.15, -0.1) is 11.8 Å². The molecule has 0 saturated carbocycles. The molecule has 2 atom stereocenters. The third kappa shape index (κ3) is 5.05. The van der Waals surface area contributed by atoms with Crippen molar-refractivity contribution < 1.29 is 14.1 Å². The monoisotopic (exact) mass is 325 g/mol. The molecule has 2 amide bonds. The van der Waals surface area contributed by atoms with Crippen molar-refractivity contribution in [3.8, 4) is 0 Å². The van der Waals surface area contributed by atoms with Crippen LogP contribution in [0.2, 0.25) is 0 Å². The minimum absolute atomic E-state index is 0.119. The van der Waals surface area contributed by atoms with Crippen LogP contribution in [0.4, 0.5) is 5.82 Å². The molecule has 6 nitrogen and oxygen atoms in total. The number of carbonyl (C=O) groups excluding carboxylic acids is 2. The van der Waals surface area contributed by atoms with Crippen LogP contribution in [0.15, 0.2) is 10.6 Å². The Morgan fingerprint density at radius 1 is 1.36 bits per heavy atom. The zero-order valence-electron chi connectivity index (χ0n) is 13.3. The number of hydrogen-bond acceptors (Lipinski definition) is 5. The summed E-state index contributed by atoms with van der Waals surface area (Å²) in [6, 6.07) is 1.66. The molecule has 22 heavy (non-hydrogen) atoms. The Kier molecular flexibility index (Phi) is 5.88. The summed E-state index contributed by atoms with van der Waals surface area (Å²) in [5, 5.41) is 6.34. The van der Waals surface area contributed by atoms with E-state index in [4.69, 9.17) is 4.52 Å². The number of carbonyl (C=O) groups is 2. The molecule has 122 valence electrons. The molecule has 1 aromatic rings. The average Bonchev–Trinajstić information content (AvgIpc) is 2.82. The predicted octanol–water partition coefficient (Wildman–Crippen LogP) is 2.16. The number of aromatic nitrogens is 1. The van der Waals surface area contributed by atoms with Crippen LogP contribution < -0.4 is 5.32 Å². The van der Waals surface area contributed by atoms with E-state index < -0.39 is 0 Å². The van der Waals surface area contributed by atoms with Crippen LogP contribution in [0.3, 0.4) is 0 Å². The third-order valence-electron chi connectivity index (χ3n) is 3.58. The van der Waals surface area contributed by atoms with Crippen LogP contribution in [0.5, 0.6) is 0 Å². The standard InChI is InChI=1S/C15H23N3O3S/c1-10-4-11(2)7-18(6-10)15(20)9-22-8-14(19)16-13-5-12(3)21-17-13/h5,10-11H,4,6-9H2,1-3H3,(H,16,17,19). The van der Waals surface area contributed by atoms with Crippen LogP contribution in [0.25, 0.3) is 0 Å². The van der Waals surface area contributed by atoms with Crippen LogP contribution in [-0.4, -0.2) is 46.5 Å². The smallest absolute Gasteiger partial charge is 0.235 e. The second-order valence-electron chi connectivity index (χ2n) is 6.11. The van der Waals surface area contributed by atoms with E-state index in [1.165, 1.54) is 18.2 Å². The minimum atomic E-state index is -0.175. The van der Waals surface area contributed by atoms with E-state index in [-0.39, 0.29) is 17.6 Å². The first-order valence-electron chi connectivity index (χ1n) is 7.52. The summed E-state index contributed by atoms with van der Waals surface area (Å²) >= 11 is 1.33. The average molecular weight is 325 g/mol. The van der Waals surface area contributed by atoms with Gasteiger partial charge in [-0.3, -0.25) is 9.59 Å². The van der Waals surface area contributed by atoms with E-state index in [0.717, 1.165) is 13.1 Å². The van der Waals surface area contributed by atoms with Crippen molar-refractivity contribution in [2.24, 2.45) is 11.8 Å². The third-order valence-corrected chi connectivity index (χ3v) is 4.49. The summed E-state index contributed by atoms with van der Waals surface area (Å²) < 4.78 is 4.88. The van der Waals surface area contributed by atoms with Crippen molar-refractivity contribution in [2.75, 3.05) is 29.9 Å². The topological polar surface area (TPSA) is 75.4 Å². The molecule has 0 bridgehead atoms. The van der Waals surface area contributed by atoms with Crippen molar-refractivity contribution >= 4 is 29.4 Å². The number of anilines is 1. The van der Waals surface area contributed by atoms with Gasteiger partial charge in [0.2, 0.25) is 11.8 Å². The molecule has 0 aliphatic carbocycles. The van der Waals surface area contributed by atoms with Crippen LogP contribution in [-0.2, 0) is 9.59 Å². The summed E-state index contributed by atoms with van der Waals surface area (Å²) in [5.41, 5.74) is 0. The highest BCUT2D eigenvalue weighted by Crippen LogP contribution is 2.21. The van der Waals surface area contributed by atoms with E-state index in [9.17, 15) is 9.59 Å². The lowest BCUT2D eigenvalue weighted by Gasteiger charge is -2.35. The molecule has 1 N–H and O–H groups in total. The molecule has 0 radical (unpaired) electrons. The maximum absolute atomic E-state index is 12.2. The second-order valence-corrected chi connectivity index (χ2v) is 7.09. The normalized spacial score (nSPS) is 21.7. The lowest BCUT2D eigenvalue weighted by atomic mass is 9.92. The highest BCUT2D eigenvalue weighted by molar-refractivity contribution is 8.00. The SMILES string of the molecule is Cc1cc(NC(=O)CSCC(=O)N2CC(C)CC(C)C2)no1. The number of aryl methyl sites for hydroxylation is 1. The zero-order chi connectivity index (χ0) is 16.1. The van der Waals surface area contributed by atoms with Crippen molar-refractivity contribution in [3.05, 3.63) is 11.8 Å². The summed E-state index contributed by atoms with van der Waals surface area (Å²) in [7, 11) is 0. The fraction of sp³-hybridized carbons (Fsp3) is 0.667. The number of likely N-dealkylation sites (tertiary alicyclic amines) is 1. The first-order valence-corrected chi connectivity index (χ1v) is 8.68. The number of nitrogens with zero attached hydrogens (tertiary/aromatic N) is 2. The van der Waals surface area contributed by atoms with Gasteiger partial charge in [0.25, 0.3) is 0 Å². The van der Waals surface area contributed by atoms with Gasteiger partial charge in [-0.25, -0.2) is 0 Å². The summed E-state index contributed by atoms with van der Waals surface area (Å²) in [6.45, 7) is 7.77. The number of piperidine rings is 1. The van der Waals surface area contributed by atoms with Crippen molar-refractivity contribution in [1.29, 1.82) is 0 Å². The minimum Gasteiger partial charge on any atom is -0.360 e. The summed E-state index contributed by atoms with van der Waals surface area (Å²) in [4.78, 5) is 25.8. The van der Waals surface area contributed by atoms with E-state index in [0.29, 0.717) is 29.2 Å². The second kappa shape index (κ2) is 7.67. The van der Waals surface area contributed by atoms with E-state index in [1.807, 2.05) is 4.90 Å². The highest BCUT2D eigenvalue weighted by Gasteiger charge is 2.25. The zero-order valence-corrected chi connectivity index (χ0v) is 14.1. The lowest BCUT2D eigenvalue weighted by Crippen LogP contribution is -2.43. The Hall–Kier alpha value is -1.50. The van der Waals surface area contributed by atoms with E-state index in [2.05, 4.69) is 24.3 Å². The molecule has 2 heterocycles. The largest absolute Gasteiger partial charge is 0.360 e. The Labute approximate surface area is 135 Å². The van der Waals surface area contributed by atoms with Gasteiger partial charge in [0.05, 0.1) is 11.5 Å². The Balaban J connectivity index is 1.69. The molecule has 2 unspecified atom stereocenters. The molecular formula is C15H23N3O3S. The quantitative estimate of drug-likeness (QED) is 0.898. The number of rotatable bonds is 5. The molecule has 0 spiro atoms. The van der Waals surface area contributed by atoms with Crippen LogP contribution in [0, 0.1) is 18.8 Å². The fourth-order valence-corrected chi connectivity index (χ4v) is 3.51. The van der Waals surface area contributed by atoms with Crippen molar-refractivity contribution in [2.45, 2.75) is 27.2 Å². The van der Waals surface area contributed by atoms with Gasteiger partial charge in [0.1, 0.15) is 5.76 Å². The number of nitrogens with one attached hydrogen (secondary N) is 1. The Morgan fingerprint density at radius 3 is 2.64 bits per heavy atom. The molecule has 1 saturated heterocycles. The van der Waals surface area contributed by atoms with Gasteiger partial charge in [-0.05, 0) is 25.2 Å². The first-order chi connectivity index (χ1) is 10.4. The number of hydrogen-bond donors (Lipinski definition) is 1. The number of thioether (sulfide) groups is 1. The van der Waals surface area contributed by atoms with E-state index in [1.54, 1.807) is 13.0 Å². The van der Waals surface area contributed by atoms with Crippen LogP contribution >= 0.6 is 11.8 Å². The van der Waals surface area contributed by atoms with Gasteiger partial charge in [0, 0.05) is 19.2 Å². The lowest BCUT2D eigenvalue weighted by molar-refractivity contribution is -0.130. The predicted molar refractivity (Wildman–Crippen MR) is 86.7 cm³/mol. The van der Waals surface area contributed by atoms with E-state index >= 15 is 0 Å². The maximum atomic E-state index is 12.2. The molecule has 1 aromatic heterocycles. The van der Waals surface area contributed by atoms with Crippen molar-refractivity contribution in [3.63, 3.8) is 0 Å². The highest BCUT2D eigenvalue weighted by atomic mass is 32.2. The number of amides is 2. The Bertz CT molecular complexity index is 522. The summed E-state index contributed by atoms with van der Waals surface area (Å²) in [6.07, 6.45) is 1.18. The van der Waals surface area contributed by atoms with Crippen LogP contribution in [0.1, 0.15) is 26.0 Å². The van der Waals surface area contributed by atoms with Gasteiger partial charge in [0.15, 0.2) is 5.82 Å². The van der Waals surface area contributed by atoms with Gasteiger partial charge < -0.3 is 14.7 Å². The molecule has 1 aliphatic rings. The van der Waals surface area contributed by atoms with Gasteiger partial charge in [-0.1, -0.05) is 19.0 Å². The maximum Gasteiger partial charge on any atom is 0.235 e. The van der Waals surface area contributed by atoms with Crippen molar-refractivity contribution in [1.82, 2.24) is 10.1 Å².